The summed E-state index contributed by atoms with van der Waals surface area (Å²) in [6.45, 7) is 20.3. The fourth-order valence-corrected chi connectivity index (χ4v) is 3.17. The molecule has 0 unspecified atom stereocenters. The second-order valence-corrected chi connectivity index (χ2v) is 8.98. The lowest BCUT2D eigenvalue weighted by Gasteiger charge is -2.42. The summed E-state index contributed by atoms with van der Waals surface area (Å²) in [4.78, 5) is 5.14. The van der Waals surface area contributed by atoms with E-state index in [1.807, 2.05) is 0 Å². The zero-order chi connectivity index (χ0) is 17.8. The molecule has 3 heteroatoms. The lowest BCUT2D eigenvalue weighted by molar-refractivity contribution is 0.0601. The number of nitrogens with zero attached hydrogens (tertiary/aromatic N) is 2. The van der Waals surface area contributed by atoms with Gasteiger partial charge in [0.25, 0.3) is 0 Å². The van der Waals surface area contributed by atoms with Crippen LogP contribution in [0.25, 0.3) is 0 Å². The van der Waals surface area contributed by atoms with Crippen LogP contribution in [0.5, 0.6) is 5.75 Å². The maximum Gasteiger partial charge on any atom is 0.119 e. The Labute approximate surface area is 149 Å². The molecule has 0 radical (unpaired) electrons. The highest BCUT2D eigenvalue weighted by Crippen LogP contribution is 2.24. The SMILES string of the molecule is CC(C)(C)c1ccc(OCCCN2CCN(C(C)(C)C)CC2)cc1. The molecule has 0 aromatic heterocycles. The highest BCUT2D eigenvalue weighted by Gasteiger charge is 2.25. The number of piperazine rings is 1. The minimum absolute atomic E-state index is 0.202. The van der Waals surface area contributed by atoms with Gasteiger partial charge < -0.3 is 9.64 Å². The van der Waals surface area contributed by atoms with Crippen molar-refractivity contribution in [3.63, 3.8) is 0 Å². The monoisotopic (exact) mass is 332 g/mol. The smallest absolute Gasteiger partial charge is 0.119 e. The molecule has 136 valence electrons. The molecule has 3 nitrogen and oxygen atoms in total. The van der Waals surface area contributed by atoms with E-state index in [-0.39, 0.29) is 5.41 Å². The van der Waals surface area contributed by atoms with Crippen LogP contribution in [0.15, 0.2) is 24.3 Å². The van der Waals surface area contributed by atoms with Gasteiger partial charge in [0, 0.05) is 38.3 Å². The van der Waals surface area contributed by atoms with Crippen LogP contribution in [0, 0.1) is 0 Å². The maximum absolute atomic E-state index is 5.90. The van der Waals surface area contributed by atoms with Crippen molar-refractivity contribution in [3.8, 4) is 5.75 Å². The Morgan fingerprint density at radius 2 is 1.46 bits per heavy atom. The van der Waals surface area contributed by atoms with Gasteiger partial charge in [0.2, 0.25) is 0 Å². The molecule has 0 saturated carbocycles. The average Bonchev–Trinajstić information content (AvgIpc) is 2.51. The Kier molecular flexibility index (Phi) is 6.33. The fourth-order valence-electron chi connectivity index (χ4n) is 3.17. The molecule has 0 amide bonds. The molecule has 0 bridgehead atoms. The van der Waals surface area contributed by atoms with Crippen molar-refractivity contribution < 1.29 is 4.74 Å². The number of ether oxygens (including phenoxy) is 1. The summed E-state index contributed by atoms with van der Waals surface area (Å²) >= 11 is 0. The zero-order valence-corrected chi connectivity index (χ0v) is 16.6. The summed E-state index contributed by atoms with van der Waals surface area (Å²) in [6.07, 6.45) is 1.09. The quantitative estimate of drug-likeness (QED) is 0.753. The molecule has 1 fully saturated rings. The van der Waals surface area contributed by atoms with Gasteiger partial charge in [-0.15, -0.1) is 0 Å². The molecule has 0 spiro atoms. The van der Waals surface area contributed by atoms with Gasteiger partial charge in [-0.2, -0.15) is 0 Å². The van der Waals surface area contributed by atoms with Crippen molar-refractivity contribution in [1.29, 1.82) is 0 Å². The van der Waals surface area contributed by atoms with Gasteiger partial charge in [0.1, 0.15) is 5.75 Å². The molecule has 0 N–H and O–H groups in total. The summed E-state index contributed by atoms with van der Waals surface area (Å²) < 4.78 is 5.90. The van der Waals surface area contributed by atoms with Crippen molar-refractivity contribution in [1.82, 2.24) is 9.80 Å². The summed E-state index contributed by atoms with van der Waals surface area (Å²) in [6, 6.07) is 8.56. The number of benzene rings is 1. The number of rotatable bonds is 5. The highest BCUT2D eigenvalue weighted by molar-refractivity contribution is 5.31. The Hall–Kier alpha value is -1.06. The van der Waals surface area contributed by atoms with Crippen LogP contribution in [-0.4, -0.2) is 54.7 Å². The van der Waals surface area contributed by atoms with Gasteiger partial charge >= 0.3 is 0 Å². The highest BCUT2D eigenvalue weighted by atomic mass is 16.5. The fraction of sp³-hybridized carbons (Fsp3) is 0.714. The second kappa shape index (κ2) is 7.88. The zero-order valence-electron chi connectivity index (χ0n) is 16.6. The molecule has 1 heterocycles. The molecule has 0 aliphatic carbocycles. The maximum atomic E-state index is 5.90. The normalized spacial score (nSPS) is 17.9. The second-order valence-electron chi connectivity index (χ2n) is 8.98. The van der Waals surface area contributed by atoms with Crippen LogP contribution in [0.2, 0.25) is 0 Å². The van der Waals surface area contributed by atoms with Crippen molar-refractivity contribution in [2.75, 3.05) is 39.3 Å². The van der Waals surface area contributed by atoms with Gasteiger partial charge in [-0.25, -0.2) is 0 Å². The minimum atomic E-state index is 0.202. The lowest BCUT2D eigenvalue weighted by atomic mass is 9.87. The van der Waals surface area contributed by atoms with Crippen LogP contribution < -0.4 is 4.74 Å². The predicted octanol–water partition coefficient (Wildman–Crippen LogP) is 4.17. The lowest BCUT2D eigenvalue weighted by Crippen LogP contribution is -2.53. The molecule has 1 aliphatic heterocycles. The standard InChI is InChI=1S/C21H36N2O/c1-20(2,3)18-8-10-19(11-9-18)24-17-7-12-22-13-15-23(16-14-22)21(4,5)6/h8-11H,7,12-17H2,1-6H3. The third-order valence-corrected chi connectivity index (χ3v) is 4.93. The molecular weight excluding hydrogens is 296 g/mol. The van der Waals surface area contributed by atoms with Crippen LogP contribution in [0.4, 0.5) is 0 Å². The van der Waals surface area contributed by atoms with Gasteiger partial charge in [0.15, 0.2) is 0 Å². The van der Waals surface area contributed by atoms with Crippen LogP contribution >= 0.6 is 0 Å². The Morgan fingerprint density at radius 1 is 0.875 bits per heavy atom. The topological polar surface area (TPSA) is 15.7 Å². The summed E-state index contributed by atoms with van der Waals surface area (Å²) in [7, 11) is 0. The largest absolute Gasteiger partial charge is 0.494 e. The first-order valence-corrected chi connectivity index (χ1v) is 9.37. The molecule has 1 saturated heterocycles. The van der Waals surface area contributed by atoms with Crippen molar-refractivity contribution in [3.05, 3.63) is 29.8 Å². The Bertz CT molecular complexity index is 488. The Morgan fingerprint density at radius 3 is 1.96 bits per heavy atom. The average molecular weight is 333 g/mol. The first kappa shape index (κ1) is 19.3. The van der Waals surface area contributed by atoms with Crippen molar-refractivity contribution in [2.24, 2.45) is 0 Å². The van der Waals surface area contributed by atoms with E-state index in [1.165, 1.54) is 31.7 Å². The molecular formula is C21H36N2O. The van der Waals surface area contributed by atoms with Crippen molar-refractivity contribution >= 4 is 0 Å². The van der Waals surface area contributed by atoms with Gasteiger partial charge in [0.05, 0.1) is 6.61 Å². The summed E-state index contributed by atoms with van der Waals surface area (Å²) in [5.74, 6) is 0.987. The molecule has 1 aliphatic rings. The van der Waals surface area contributed by atoms with Crippen LogP contribution in [0.3, 0.4) is 0 Å². The summed E-state index contributed by atoms with van der Waals surface area (Å²) in [5, 5.41) is 0. The third kappa shape index (κ3) is 5.78. The first-order valence-electron chi connectivity index (χ1n) is 9.37. The molecule has 24 heavy (non-hydrogen) atoms. The molecule has 1 aromatic rings. The van der Waals surface area contributed by atoms with E-state index < -0.39 is 0 Å². The molecule has 2 rings (SSSR count). The molecule has 0 atom stereocenters. The Balaban J connectivity index is 1.65. The van der Waals surface area contributed by atoms with E-state index in [1.54, 1.807) is 0 Å². The van der Waals surface area contributed by atoms with Crippen molar-refractivity contribution in [2.45, 2.75) is 58.9 Å². The van der Waals surface area contributed by atoms with E-state index in [4.69, 9.17) is 4.74 Å². The van der Waals surface area contributed by atoms with Gasteiger partial charge in [-0.05, 0) is 50.3 Å². The molecule has 1 aromatic carbocycles. The first-order chi connectivity index (χ1) is 11.2. The van der Waals surface area contributed by atoms with Crippen LogP contribution in [0.1, 0.15) is 53.5 Å². The number of hydrogen-bond donors (Lipinski definition) is 0. The van der Waals surface area contributed by atoms with E-state index in [0.29, 0.717) is 5.54 Å². The predicted molar refractivity (Wildman–Crippen MR) is 103 cm³/mol. The third-order valence-electron chi connectivity index (χ3n) is 4.93. The van der Waals surface area contributed by atoms with Gasteiger partial charge in [-0.3, -0.25) is 4.90 Å². The minimum Gasteiger partial charge on any atom is -0.494 e. The van der Waals surface area contributed by atoms with E-state index in [0.717, 1.165) is 25.3 Å². The van der Waals surface area contributed by atoms with Crippen LogP contribution in [-0.2, 0) is 5.41 Å². The van der Waals surface area contributed by atoms with E-state index >= 15 is 0 Å². The summed E-state index contributed by atoms with van der Waals surface area (Å²) in [5.41, 5.74) is 1.86. The number of hydrogen-bond acceptors (Lipinski definition) is 3. The van der Waals surface area contributed by atoms with Gasteiger partial charge in [-0.1, -0.05) is 32.9 Å². The van der Waals surface area contributed by atoms with E-state index in [2.05, 4.69) is 75.6 Å². The van der Waals surface area contributed by atoms with E-state index in [9.17, 15) is 0 Å².